The van der Waals surface area contributed by atoms with Crippen LogP contribution in [-0.4, -0.2) is 39.7 Å². The molecule has 7 nitrogen and oxygen atoms in total. The maximum absolute atomic E-state index is 13.7. The first-order valence-electron chi connectivity index (χ1n) is 8.91. The van der Waals surface area contributed by atoms with Gasteiger partial charge in [-0.2, -0.15) is 0 Å². The second kappa shape index (κ2) is 7.50. The van der Waals surface area contributed by atoms with E-state index < -0.39 is 47.1 Å². The smallest absolute Gasteiger partial charge is 0.383 e. The second-order valence-electron chi connectivity index (χ2n) is 8.62. The molecule has 0 saturated carbocycles. The van der Waals surface area contributed by atoms with E-state index in [1.165, 1.54) is 24.3 Å². The number of ether oxygens (including phenoxy) is 2. The average Bonchev–Trinajstić information content (AvgIpc) is 2.82. The summed E-state index contributed by atoms with van der Waals surface area (Å²) in [5.41, 5.74) is -1.35. The van der Waals surface area contributed by atoms with Gasteiger partial charge in [0.2, 0.25) is 0 Å². The van der Waals surface area contributed by atoms with E-state index in [9.17, 15) is 19.1 Å². The van der Waals surface area contributed by atoms with Gasteiger partial charge in [-0.05, 0) is 53.7 Å². The average molecular weight is 395 g/mol. The molecule has 0 unspecified atom stereocenters. The van der Waals surface area contributed by atoms with Gasteiger partial charge in [-0.3, -0.25) is 4.79 Å². The number of benzene rings is 1. The molecule has 1 aliphatic heterocycles. The molecule has 2 rings (SSSR count). The van der Waals surface area contributed by atoms with Gasteiger partial charge in [0, 0.05) is 5.56 Å². The molecule has 0 amide bonds. The Morgan fingerprint density at radius 2 is 1.79 bits per heavy atom. The Morgan fingerprint density at radius 3 is 2.32 bits per heavy atom. The van der Waals surface area contributed by atoms with Crippen molar-refractivity contribution in [2.45, 2.75) is 65.0 Å². The minimum atomic E-state index is -2.54. The second-order valence-corrected chi connectivity index (χ2v) is 8.62. The minimum absolute atomic E-state index is 0.0544. The van der Waals surface area contributed by atoms with Crippen LogP contribution >= 0.6 is 0 Å². The predicted octanol–water partition coefficient (Wildman–Crippen LogP) is 2.94. The van der Waals surface area contributed by atoms with E-state index in [0.29, 0.717) is 0 Å². The highest BCUT2D eigenvalue weighted by molar-refractivity contribution is 6.07. The van der Waals surface area contributed by atoms with Crippen molar-refractivity contribution < 1.29 is 33.4 Å². The van der Waals surface area contributed by atoms with Crippen molar-refractivity contribution in [2.75, 3.05) is 0 Å². The number of aliphatic hydroxyl groups is 1. The van der Waals surface area contributed by atoms with Crippen LogP contribution in [-0.2, 0) is 23.9 Å². The van der Waals surface area contributed by atoms with E-state index in [1.54, 1.807) is 41.5 Å². The lowest BCUT2D eigenvalue weighted by molar-refractivity contribution is -0.240. The summed E-state index contributed by atoms with van der Waals surface area (Å²) in [6.07, 6.45) is -0.414. The third kappa shape index (κ3) is 5.28. The molecule has 8 heteroatoms. The van der Waals surface area contributed by atoms with Gasteiger partial charge < -0.3 is 19.4 Å². The van der Waals surface area contributed by atoms with E-state index in [0.717, 1.165) is 0 Å². The number of esters is 2. The molecule has 0 spiro atoms. The first-order chi connectivity index (χ1) is 12.7. The van der Waals surface area contributed by atoms with Gasteiger partial charge >= 0.3 is 17.7 Å². The molecule has 0 radical (unpaired) electrons. The molecule has 0 bridgehead atoms. The van der Waals surface area contributed by atoms with Crippen molar-refractivity contribution in [1.29, 1.82) is 0 Å². The highest BCUT2D eigenvalue weighted by atomic mass is 19.1. The molecule has 2 atom stereocenters. The van der Waals surface area contributed by atoms with Crippen LogP contribution in [0.2, 0.25) is 0 Å². The van der Waals surface area contributed by atoms with Crippen LogP contribution in [0.15, 0.2) is 29.4 Å². The van der Waals surface area contributed by atoms with Crippen LogP contribution in [0, 0.1) is 11.7 Å². The molecular formula is C20H26FNO6. The van der Waals surface area contributed by atoms with Gasteiger partial charge in [0.05, 0.1) is 18.1 Å². The molecule has 0 fully saturated rings. The van der Waals surface area contributed by atoms with Gasteiger partial charge in [0.1, 0.15) is 17.0 Å². The Morgan fingerprint density at radius 1 is 1.18 bits per heavy atom. The van der Waals surface area contributed by atoms with E-state index in [1.807, 2.05) is 0 Å². The van der Waals surface area contributed by atoms with E-state index >= 15 is 0 Å². The third-order valence-corrected chi connectivity index (χ3v) is 3.69. The molecule has 1 aliphatic rings. The van der Waals surface area contributed by atoms with Crippen LogP contribution in [0.25, 0.3) is 0 Å². The molecule has 28 heavy (non-hydrogen) atoms. The zero-order valence-electron chi connectivity index (χ0n) is 16.9. The highest BCUT2D eigenvalue weighted by Gasteiger charge is 2.57. The summed E-state index contributed by atoms with van der Waals surface area (Å²) in [6.45, 7) is 9.95. The van der Waals surface area contributed by atoms with Crippen molar-refractivity contribution in [2.24, 2.45) is 11.1 Å². The molecule has 0 aromatic heterocycles. The maximum atomic E-state index is 13.7. The fourth-order valence-corrected chi connectivity index (χ4v) is 2.65. The summed E-state index contributed by atoms with van der Waals surface area (Å²) in [4.78, 5) is 30.0. The van der Waals surface area contributed by atoms with Crippen molar-refractivity contribution in [3.8, 4) is 0 Å². The van der Waals surface area contributed by atoms with E-state index in [4.69, 9.17) is 14.3 Å². The molecule has 0 saturated heterocycles. The molecule has 1 N–H and O–H groups in total. The number of hydrogen-bond acceptors (Lipinski definition) is 7. The van der Waals surface area contributed by atoms with E-state index in [-0.39, 0.29) is 11.3 Å². The van der Waals surface area contributed by atoms with Gasteiger partial charge in [-0.15, -0.1) is 0 Å². The molecule has 1 heterocycles. The summed E-state index contributed by atoms with van der Waals surface area (Å²) < 4.78 is 24.2. The SMILES string of the molecule is CC(C)(C)OC(=O)C[C@H]1C(c2cccc(F)c2)=NO[C@]1(O)C(=O)OC(C)(C)C. The maximum Gasteiger partial charge on any atom is 0.383 e. The van der Waals surface area contributed by atoms with Crippen LogP contribution in [0.4, 0.5) is 4.39 Å². The molecule has 0 aliphatic carbocycles. The topological polar surface area (TPSA) is 94.4 Å². The lowest BCUT2D eigenvalue weighted by atomic mass is 9.86. The Balaban J connectivity index is 2.38. The van der Waals surface area contributed by atoms with Crippen LogP contribution in [0.1, 0.15) is 53.5 Å². The number of hydrogen-bond donors (Lipinski definition) is 1. The number of nitrogens with zero attached hydrogens (tertiary/aromatic N) is 1. The van der Waals surface area contributed by atoms with Gasteiger partial charge in [0.15, 0.2) is 0 Å². The number of halogens is 1. The third-order valence-electron chi connectivity index (χ3n) is 3.69. The number of rotatable bonds is 4. The van der Waals surface area contributed by atoms with Crippen molar-refractivity contribution in [3.63, 3.8) is 0 Å². The highest BCUT2D eigenvalue weighted by Crippen LogP contribution is 2.36. The number of carbonyl (C=O) groups excluding carboxylic acids is 2. The predicted molar refractivity (Wildman–Crippen MR) is 98.8 cm³/mol. The zero-order valence-corrected chi connectivity index (χ0v) is 16.9. The first kappa shape index (κ1) is 21.8. The van der Waals surface area contributed by atoms with Crippen molar-refractivity contribution >= 4 is 17.7 Å². The molecule has 1 aromatic carbocycles. The largest absolute Gasteiger partial charge is 0.460 e. The number of oxime groups is 1. The summed E-state index contributed by atoms with van der Waals surface area (Å²) >= 11 is 0. The molecule has 1 aromatic rings. The minimum Gasteiger partial charge on any atom is -0.460 e. The standard InChI is InChI=1S/C20H26FNO6/c1-18(2,3)26-15(23)11-14-16(12-8-7-9-13(21)10-12)22-28-20(14,25)17(24)27-19(4,5)6/h7-10,14,25H,11H2,1-6H3/t14-,20-/m0/s1. The Kier molecular flexibility index (Phi) is 5.85. The lowest BCUT2D eigenvalue weighted by Gasteiger charge is -2.30. The van der Waals surface area contributed by atoms with Crippen molar-refractivity contribution in [1.82, 2.24) is 0 Å². The van der Waals surface area contributed by atoms with Gasteiger partial charge in [0.25, 0.3) is 0 Å². The summed E-state index contributed by atoms with van der Waals surface area (Å²) in [7, 11) is 0. The normalized spacial score (nSPS) is 22.3. The summed E-state index contributed by atoms with van der Waals surface area (Å²) in [5, 5.41) is 14.7. The lowest BCUT2D eigenvalue weighted by Crippen LogP contribution is -2.50. The molecule has 154 valence electrons. The zero-order chi connectivity index (χ0) is 21.3. The summed E-state index contributed by atoms with van der Waals surface area (Å²) in [5.74, 6) is -6.08. The van der Waals surface area contributed by atoms with Crippen LogP contribution in [0.5, 0.6) is 0 Å². The Bertz CT molecular complexity index is 793. The van der Waals surface area contributed by atoms with Gasteiger partial charge in [-0.25, -0.2) is 9.18 Å². The fraction of sp³-hybridized carbons (Fsp3) is 0.550. The van der Waals surface area contributed by atoms with Crippen LogP contribution < -0.4 is 0 Å². The van der Waals surface area contributed by atoms with Crippen LogP contribution in [0.3, 0.4) is 0 Å². The van der Waals surface area contributed by atoms with Gasteiger partial charge in [-0.1, -0.05) is 17.3 Å². The monoisotopic (exact) mass is 395 g/mol. The fourth-order valence-electron chi connectivity index (χ4n) is 2.65. The quantitative estimate of drug-likeness (QED) is 0.788. The summed E-state index contributed by atoms with van der Waals surface area (Å²) in [6, 6.07) is 5.39. The Labute approximate surface area is 163 Å². The first-order valence-corrected chi connectivity index (χ1v) is 8.91. The van der Waals surface area contributed by atoms with E-state index in [2.05, 4.69) is 5.16 Å². The number of carbonyl (C=O) groups is 2. The van der Waals surface area contributed by atoms with Crippen molar-refractivity contribution in [3.05, 3.63) is 35.6 Å². The molecular weight excluding hydrogens is 369 g/mol. The Hall–Kier alpha value is -2.48.